The molecule has 0 aliphatic carbocycles. The summed E-state index contributed by atoms with van der Waals surface area (Å²) in [5.74, 6) is -0.233. The highest BCUT2D eigenvalue weighted by atomic mass is 19.1. The minimum absolute atomic E-state index is 0.0510. The van der Waals surface area contributed by atoms with Crippen LogP contribution in [0.15, 0.2) is 29.3 Å². The minimum atomic E-state index is -0.233. The van der Waals surface area contributed by atoms with E-state index in [4.69, 9.17) is 10.5 Å². The van der Waals surface area contributed by atoms with Crippen LogP contribution in [0, 0.1) is 5.82 Å². The molecule has 1 heterocycles. The maximum absolute atomic E-state index is 12.7. The van der Waals surface area contributed by atoms with E-state index < -0.39 is 0 Å². The Bertz CT molecular complexity index is 391. The predicted octanol–water partition coefficient (Wildman–Crippen LogP) is 0.975. The fourth-order valence-corrected chi connectivity index (χ4v) is 1.65. The average Bonchev–Trinajstić information content (AvgIpc) is 2.65. The number of halogens is 1. The van der Waals surface area contributed by atoms with Crippen molar-refractivity contribution in [2.24, 2.45) is 10.7 Å². The number of nitrogens with zero attached hydrogens (tertiary/aromatic N) is 2. The molecule has 0 saturated heterocycles. The quantitative estimate of drug-likeness (QED) is 0.830. The van der Waals surface area contributed by atoms with Crippen LogP contribution < -0.4 is 10.6 Å². The number of benzene rings is 1. The van der Waals surface area contributed by atoms with Crippen molar-refractivity contribution in [3.63, 3.8) is 0 Å². The highest BCUT2D eigenvalue weighted by Crippen LogP contribution is 2.14. The van der Waals surface area contributed by atoms with Gasteiger partial charge in [0.1, 0.15) is 18.5 Å². The van der Waals surface area contributed by atoms with Crippen LogP contribution in [0.3, 0.4) is 0 Å². The summed E-state index contributed by atoms with van der Waals surface area (Å²) >= 11 is 0. The highest BCUT2D eigenvalue weighted by molar-refractivity contribution is 5.73. The van der Waals surface area contributed by atoms with E-state index in [1.54, 1.807) is 12.1 Å². The summed E-state index contributed by atoms with van der Waals surface area (Å²) in [4.78, 5) is 6.12. The van der Waals surface area contributed by atoms with Crippen LogP contribution >= 0.6 is 0 Å². The van der Waals surface area contributed by atoms with E-state index in [-0.39, 0.29) is 17.9 Å². The van der Waals surface area contributed by atoms with E-state index in [2.05, 4.69) is 4.99 Å². The number of rotatable bonds is 3. The maximum atomic E-state index is 12.7. The molecule has 86 valence electrons. The minimum Gasteiger partial charge on any atom is -0.463 e. The van der Waals surface area contributed by atoms with Gasteiger partial charge in [-0.2, -0.15) is 0 Å². The first-order chi connectivity index (χ1) is 7.65. The molecule has 1 aliphatic rings. The third kappa shape index (κ3) is 2.42. The Kier molecular flexibility index (Phi) is 2.94. The number of ether oxygens (including phenoxy) is 1. The van der Waals surface area contributed by atoms with Gasteiger partial charge < -0.3 is 15.4 Å². The van der Waals surface area contributed by atoms with Gasteiger partial charge in [0.25, 0.3) is 6.02 Å². The molecule has 5 heteroatoms. The zero-order valence-corrected chi connectivity index (χ0v) is 9.06. The third-order valence-electron chi connectivity index (χ3n) is 2.49. The normalized spacial score (nSPS) is 19.1. The van der Waals surface area contributed by atoms with Gasteiger partial charge in [-0.15, -0.1) is 0 Å². The number of hydrogen-bond donors (Lipinski definition) is 1. The van der Waals surface area contributed by atoms with Crippen molar-refractivity contribution in [2.45, 2.75) is 6.04 Å². The predicted molar refractivity (Wildman–Crippen MR) is 61.0 cm³/mol. The molecule has 4 nitrogen and oxygen atoms in total. The molecule has 1 atom stereocenters. The lowest BCUT2D eigenvalue weighted by Gasteiger charge is -2.20. The zero-order valence-electron chi connectivity index (χ0n) is 9.06. The van der Waals surface area contributed by atoms with Gasteiger partial charge in [-0.05, 0) is 24.3 Å². The average molecular weight is 223 g/mol. The van der Waals surface area contributed by atoms with Crippen molar-refractivity contribution in [1.82, 2.24) is 0 Å². The summed E-state index contributed by atoms with van der Waals surface area (Å²) in [6.45, 7) is 1.21. The third-order valence-corrected chi connectivity index (χ3v) is 2.49. The molecule has 0 fully saturated rings. The summed E-state index contributed by atoms with van der Waals surface area (Å²) in [5, 5.41) is 0. The van der Waals surface area contributed by atoms with Crippen molar-refractivity contribution >= 4 is 11.7 Å². The Labute approximate surface area is 93.5 Å². The maximum Gasteiger partial charge on any atom is 0.282 e. The number of hydrogen-bond acceptors (Lipinski definition) is 4. The zero-order chi connectivity index (χ0) is 11.5. The van der Waals surface area contributed by atoms with Crippen molar-refractivity contribution in [3.05, 3.63) is 30.1 Å². The van der Waals surface area contributed by atoms with E-state index in [0.717, 1.165) is 5.69 Å². The SMILES string of the molecule is CN(C[C@H]1COC(N)=N1)c1ccc(F)cc1. The van der Waals surface area contributed by atoms with E-state index in [1.807, 2.05) is 11.9 Å². The lowest BCUT2D eigenvalue weighted by atomic mass is 10.2. The fourth-order valence-electron chi connectivity index (χ4n) is 1.65. The Morgan fingerprint density at radius 3 is 2.75 bits per heavy atom. The summed E-state index contributed by atoms with van der Waals surface area (Å²) in [6, 6.07) is 6.65. The number of nitrogens with two attached hydrogens (primary N) is 1. The van der Waals surface area contributed by atoms with Crippen molar-refractivity contribution in [1.29, 1.82) is 0 Å². The number of aliphatic imine (C=N–C) groups is 1. The smallest absolute Gasteiger partial charge is 0.282 e. The van der Waals surface area contributed by atoms with Gasteiger partial charge in [-0.3, -0.25) is 0 Å². The summed E-state index contributed by atoms with van der Waals surface area (Å²) in [6.07, 6.45) is 0. The lowest BCUT2D eigenvalue weighted by molar-refractivity contribution is 0.314. The van der Waals surface area contributed by atoms with Crippen LogP contribution in [0.4, 0.5) is 10.1 Å². The number of likely N-dealkylation sites (N-methyl/N-ethyl adjacent to an activating group) is 1. The van der Waals surface area contributed by atoms with Crippen molar-refractivity contribution in [2.75, 3.05) is 25.1 Å². The second-order valence-electron chi connectivity index (χ2n) is 3.79. The standard InChI is InChI=1S/C11H14FN3O/c1-15(6-9-7-16-11(13)14-9)10-4-2-8(12)3-5-10/h2-5,9H,6-7H2,1H3,(H2,13,14)/t9-/m0/s1. The molecule has 2 rings (SSSR count). The molecule has 1 aromatic rings. The summed E-state index contributed by atoms with van der Waals surface area (Å²) in [5.41, 5.74) is 6.37. The first kappa shape index (κ1) is 10.7. The molecule has 0 spiro atoms. The van der Waals surface area contributed by atoms with Crippen molar-refractivity contribution < 1.29 is 9.13 Å². The monoisotopic (exact) mass is 223 g/mol. The molecule has 0 bridgehead atoms. The fraction of sp³-hybridized carbons (Fsp3) is 0.364. The first-order valence-electron chi connectivity index (χ1n) is 5.08. The van der Waals surface area contributed by atoms with Gasteiger partial charge in [0, 0.05) is 19.3 Å². The molecule has 1 aliphatic heterocycles. The van der Waals surface area contributed by atoms with Crippen molar-refractivity contribution in [3.8, 4) is 0 Å². The summed E-state index contributed by atoms with van der Waals surface area (Å²) in [7, 11) is 1.93. The van der Waals surface area contributed by atoms with Crippen LogP contribution in [0.25, 0.3) is 0 Å². The second kappa shape index (κ2) is 4.38. The topological polar surface area (TPSA) is 50.9 Å². The lowest BCUT2D eigenvalue weighted by Crippen LogP contribution is -2.28. The molecule has 16 heavy (non-hydrogen) atoms. The molecule has 0 radical (unpaired) electrons. The Balaban J connectivity index is 1.97. The van der Waals surface area contributed by atoms with E-state index in [1.165, 1.54) is 12.1 Å². The Hall–Kier alpha value is -1.78. The molecule has 0 saturated carbocycles. The van der Waals surface area contributed by atoms with Gasteiger partial charge in [-0.25, -0.2) is 9.38 Å². The summed E-state index contributed by atoms with van der Waals surface area (Å²) < 4.78 is 17.8. The molecular formula is C11H14FN3O. The largest absolute Gasteiger partial charge is 0.463 e. The van der Waals surface area contributed by atoms with Crippen LogP contribution in [-0.4, -0.2) is 32.3 Å². The number of anilines is 1. The van der Waals surface area contributed by atoms with Gasteiger partial charge >= 0.3 is 0 Å². The molecule has 0 amide bonds. The van der Waals surface area contributed by atoms with Crippen LogP contribution in [0.1, 0.15) is 0 Å². The number of amidine groups is 1. The van der Waals surface area contributed by atoms with Crippen LogP contribution in [-0.2, 0) is 4.74 Å². The molecule has 2 N–H and O–H groups in total. The highest BCUT2D eigenvalue weighted by Gasteiger charge is 2.18. The van der Waals surface area contributed by atoms with Gasteiger partial charge in [-0.1, -0.05) is 0 Å². The van der Waals surface area contributed by atoms with Crippen LogP contribution in [0.2, 0.25) is 0 Å². The Morgan fingerprint density at radius 1 is 1.50 bits per heavy atom. The molecular weight excluding hydrogens is 209 g/mol. The Morgan fingerprint density at radius 2 is 2.19 bits per heavy atom. The van der Waals surface area contributed by atoms with Gasteiger partial charge in [0.2, 0.25) is 0 Å². The van der Waals surface area contributed by atoms with E-state index >= 15 is 0 Å². The van der Waals surface area contributed by atoms with Crippen LogP contribution in [0.5, 0.6) is 0 Å². The van der Waals surface area contributed by atoms with E-state index in [0.29, 0.717) is 13.2 Å². The molecule has 1 aromatic carbocycles. The molecule has 0 aromatic heterocycles. The van der Waals surface area contributed by atoms with Gasteiger partial charge in [0.05, 0.1) is 0 Å². The van der Waals surface area contributed by atoms with Gasteiger partial charge in [0.15, 0.2) is 0 Å². The second-order valence-corrected chi connectivity index (χ2v) is 3.79. The first-order valence-corrected chi connectivity index (χ1v) is 5.08. The molecule has 0 unspecified atom stereocenters. The van der Waals surface area contributed by atoms with E-state index in [9.17, 15) is 4.39 Å².